The molecule has 0 bridgehead atoms. The van der Waals surface area contributed by atoms with Crippen LogP contribution in [0.25, 0.3) is 0 Å². The third-order valence-corrected chi connectivity index (χ3v) is 3.29. The third-order valence-electron chi connectivity index (χ3n) is 3.29. The Morgan fingerprint density at radius 1 is 1.33 bits per heavy atom. The molecule has 0 saturated carbocycles. The number of nitrogens with zero attached hydrogens (tertiary/aromatic N) is 1. The van der Waals surface area contributed by atoms with Crippen molar-refractivity contribution in [2.24, 2.45) is 0 Å². The molecule has 4 nitrogen and oxygen atoms in total. The first kappa shape index (κ1) is 12.7. The Labute approximate surface area is 108 Å². The predicted molar refractivity (Wildman–Crippen MR) is 73.1 cm³/mol. The smallest absolute Gasteiger partial charge is 0.267 e. The molecule has 98 valence electrons. The van der Waals surface area contributed by atoms with E-state index in [9.17, 15) is 4.79 Å². The van der Waals surface area contributed by atoms with Crippen molar-refractivity contribution in [3.05, 3.63) is 17.7 Å². The van der Waals surface area contributed by atoms with Gasteiger partial charge in [-0.2, -0.15) is 0 Å². The lowest BCUT2D eigenvalue weighted by molar-refractivity contribution is -0.125. The van der Waals surface area contributed by atoms with E-state index < -0.39 is 6.10 Å². The number of benzene rings is 1. The summed E-state index contributed by atoms with van der Waals surface area (Å²) in [5, 5.41) is 0. The summed E-state index contributed by atoms with van der Waals surface area (Å²) in [4.78, 5) is 13.4. The summed E-state index contributed by atoms with van der Waals surface area (Å²) in [7, 11) is 1.73. The minimum absolute atomic E-state index is 0.00419. The SMILES string of the molecule is CC1Oc2cc(C(C)(C)C)cc(N)c2N(C)C1=O. The van der Waals surface area contributed by atoms with Gasteiger partial charge in [0.05, 0.1) is 5.69 Å². The van der Waals surface area contributed by atoms with Crippen LogP contribution < -0.4 is 15.4 Å². The van der Waals surface area contributed by atoms with Crippen molar-refractivity contribution in [2.45, 2.75) is 39.2 Å². The van der Waals surface area contributed by atoms with Crippen LogP contribution in [0.1, 0.15) is 33.3 Å². The average Bonchev–Trinajstić information content (AvgIpc) is 2.23. The molecule has 1 aliphatic heterocycles. The zero-order valence-electron chi connectivity index (χ0n) is 11.6. The highest BCUT2D eigenvalue weighted by molar-refractivity contribution is 6.02. The van der Waals surface area contributed by atoms with Crippen molar-refractivity contribution in [2.75, 3.05) is 17.7 Å². The number of ether oxygens (including phenoxy) is 1. The molecule has 4 heteroatoms. The van der Waals surface area contributed by atoms with Gasteiger partial charge in [-0.3, -0.25) is 4.79 Å². The van der Waals surface area contributed by atoms with Crippen molar-refractivity contribution >= 4 is 17.3 Å². The van der Waals surface area contributed by atoms with Gasteiger partial charge < -0.3 is 15.4 Å². The summed E-state index contributed by atoms with van der Waals surface area (Å²) in [6.45, 7) is 8.11. The molecule has 2 rings (SSSR count). The predicted octanol–water partition coefficient (Wildman–Crippen LogP) is 2.31. The highest BCUT2D eigenvalue weighted by Crippen LogP contribution is 2.41. The molecule has 0 saturated heterocycles. The van der Waals surface area contributed by atoms with Crippen LogP contribution in [0.4, 0.5) is 11.4 Å². The lowest BCUT2D eigenvalue weighted by atomic mass is 9.86. The summed E-state index contributed by atoms with van der Waals surface area (Å²) in [5.74, 6) is 0.618. The Bertz CT molecular complexity index is 503. The van der Waals surface area contributed by atoms with Crippen molar-refractivity contribution in [1.82, 2.24) is 0 Å². The summed E-state index contributed by atoms with van der Waals surface area (Å²) < 4.78 is 5.66. The Hall–Kier alpha value is -1.71. The van der Waals surface area contributed by atoms with Crippen LogP contribution in [0, 0.1) is 0 Å². The summed E-state index contributed by atoms with van der Waals surface area (Å²) in [6, 6.07) is 3.90. The number of anilines is 2. The van der Waals surface area contributed by atoms with Crippen LogP contribution in [-0.2, 0) is 10.2 Å². The minimum Gasteiger partial charge on any atom is -0.479 e. The maximum Gasteiger partial charge on any atom is 0.267 e. The van der Waals surface area contributed by atoms with Crippen LogP contribution in [0.3, 0.4) is 0 Å². The molecule has 2 N–H and O–H groups in total. The van der Waals surface area contributed by atoms with Crippen LogP contribution in [0.2, 0.25) is 0 Å². The Balaban J connectivity index is 2.59. The van der Waals surface area contributed by atoms with Gasteiger partial charge in [0.25, 0.3) is 5.91 Å². The first-order valence-corrected chi connectivity index (χ1v) is 6.10. The molecule has 0 spiro atoms. The first-order valence-electron chi connectivity index (χ1n) is 6.10. The van der Waals surface area contributed by atoms with E-state index in [4.69, 9.17) is 10.5 Å². The highest BCUT2D eigenvalue weighted by atomic mass is 16.5. The monoisotopic (exact) mass is 248 g/mol. The number of likely N-dealkylation sites (N-methyl/N-ethyl adjacent to an activating group) is 1. The standard InChI is InChI=1S/C14H20N2O2/c1-8-13(17)16(5)12-10(15)6-9(14(2,3)4)7-11(12)18-8/h6-8H,15H2,1-5H3. The third kappa shape index (κ3) is 1.92. The molecule has 1 atom stereocenters. The molecular formula is C14H20N2O2. The number of nitrogens with two attached hydrogens (primary N) is 1. The van der Waals surface area contributed by atoms with Crippen LogP contribution in [0.5, 0.6) is 5.75 Å². The van der Waals surface area contributed by atoms with Gasteiger partial charge >= 0.3 is 0 Å². The number of amides is 1. The molecule has 18 heavy (non-hydrogen) atoms. The second kappa shape index (κ2) is 3.90. The number of carbonyl (C=O) groups is 1. The number of rotatable bonds is 0. The fraction of sp³-hybridized carbons (Fsp3) is 0.500. The number of nitrogen functional groups attached to an aromatic ring is 1. The fourth-order valence-electron chi connectivity index (χ4n) is 2.13. The van der Waals surface area contributed by atoms with Gasteiger partial charge in [0, 0.05) is 7.05 Å². The van der Waals surface area contributed by atoms with Gasteiger partial charge in [-0.25, -0.2) is 0 Å². The van der Waals surface area contributed by atoms with E-state index >= 15 is 0 Å². The van der Waals surface area contributed by atoms with Gasteiger partial charge in [-0.15, -0.1) is 0 Å². The van der Waals surface area contributed by atoms with Crippen molar-refractivity contribution in [3.8, 4) is 5.75 Å². The van der Waals surface area contributed by atoms with Gasteiger partial charge in [0.2, 0.25) is 0 Å². The second-order valence-electron chi connectivity index (χ2n) is 5.82. The summed E-state index contributed by atoms with van der Waals surface area (Å²) >= 11 is 0. The van der Waals surface area contributed by atoms with Crippen molar-refractivity contribution < 1.29 is 9.53 Å². The normalized spacial score (nSPS) is 19.5. The number of hydrogen-bond acceptors (Lipinski definition) is 3. The Morgan fingerprint density at radius 3 is 2.50 bits per heavy atom. The Morgan fingerprint density at radius 2 is 1.94 bits per heavy atom. The van der Waals surface area contributed by atoms with E-state index in [0.29, 0.717) is 17.1 Å². The zero-order valence-corrected chi connectivity index (χ0v) is 11.6. The van der Waals surface area contributed by atoms with Crippen molar-refractivity contribution in [3.63, 3.8) is 0 Å². The molecular weight excluding hydrogens is 228 g/mol. The minimum atomic E-state index is -0.461. The lowest BCUT2D eigenvalue weighted by Crippen LogP contribution is -2.42. The molecule has 1 aromatic carbocycles. The first-order chi connectivity index (χ1) is 8.21. The fourth-order valence-corrected chi connectivity index (χ4v) is 2.13. The topological polar surface area (TPSA) is 55.6 Å². The molecule has 0 radical (unpaired) electrons. The number of fused-ring (bicyclic) bond motifs is 1. The van der Waals surface area contributed by atoms with E-state index in [-0.39, 0.29) is 11.3 Å². The Kier molecular flexibility index (Phi) is 2.76. The molecule has 1 unspecified atom stereocenters. The molecule has 0 aromatic heterocycles. The zero-order chi connectivity index (χ0) is 13.7. The molecule has 1 amide bonds. The van der Waals surface area contributed by atoms with E-state index in [1.807, 2.05) is 12.1 Å². The molecule has 0 aliphatic carbocycles. The number of carbonyl (C=O) groups excluding carboxylic acids is 1. The van der Waals surface area contributed by atoms with Gasteiger partial charge in [0.1, 0.15) is 11.4 Å². The molecule has 0 fully saturated rings. The van der Waals surface area contributed by atoms with Crippen LogP contribution in [-0.4, -0.2) is 19.1 Å². The van der Waals surface area contributed by atoms with Crippen molar-refractivity contribution in [1.29, 1.82) is 0 Å². The van der Waals surface area contributed by atoms with E-state index in [2.05, 4.69) is 20.8 Å². The summed E-state index contributed by atoms with van der Waals surface area (Å²) in [5.41, 5.74) is 8.42. The average molecular weight is 248 g/mol. The maximum absolute atomic E-state index is 11.9. The lowest BCUT2D eigenvalue weighted by Gasteiger charge is -2.33. The van der Waals surface area contributed by atoms with E-state index in [1.165, 1.54) is 0 Å². The van der Waals surface area contributed by atoms with E-state index in [1.54, 1.807) is 18.9 Å². The molecule has 1 aliphatic rings. The summed E-state index contributed by atoms with van der Waals surface area (Å²) in [6.07, 6.45) is -0.461. The van der Waals surface area contributed by atoms with Gasteiger partial charge in [0.15, 0.2) is 6.10 Å². The molecule has 1 aromatic rings. The maximum atomic E-state index is 11.9. The number of hydrogen-bond donors (Lipinski definition) is 1. The molecule has 1 heterocycles. The van der Waals surface area contributed by atoms with Crippen LogP contribution in [0.15, 0.2) is 12.1 Å². The van der Waals surface area contributed by atoms with Gasteiger partial charge in [-0.05, 0) is 30.0 Å². The largest absolute Gasteiger partial charge is 0.479 e. The second-order valence-corrected chi connectivity index (χ2v) is 5.82. The van der Waals surface area contributed by atoms with E-state index in [0.717, 1.165) is 5.56 Å². The highest BCUT2D eigenvalue weighted by Gasteiger charge is 2.31. The van der Waals surface area contributed by atoms with Crippen LogP contribution >= 0.6 is 0 Å². The quantitative estimate of drug-likeness (QED) is 0.717. The van der Waals surface area contributed by atoms with Gasteiger partial charge in [-0.1, -0.05) is 20.8 Å².